The Morgan fingerprint density at radius 2 is 1.49 bits per heavy atom. The Bertz CT molecular complexity index is 1100. The van der Waals surface area contributed by atoms with E-state index in [0.717, 1.165) is 64.7 Å². The fourth-order valence-corrected chi connectivity index (χ4v) is 7.65. The van der Waals surface area contributed by atoms with E-state index >= 15 is 0 Å². The summed E-state index contributed by atoms with van der Waals surface area (Å²) < 4.78 is 6.16. The molecule has 7 rings (SSSR count). The number of hydrogen-bond donors (Lipinski definition) is 0. The van der Waals surface area contributed by atoms with Gasteiger partial charge in [-0.1, -0.05) is 37.5 Å². The molecule has 0 radical (unpaired) electrons. The summed E-state index contributed by atoms with van der Waals surface area (Å²) in [5, 5.41) is 0. The molecule has 210 valence electrons. The molecule has 2 heterocycles. The van der Waals surface area contributed by atoms with Crippen LogP contribution in [-0.4, -0.2) is 73.0 Å². The zero-order valence-electron chi connectivity index (χ0n) is 23.5. The van der Waals surface area contributed by atoms with Gasteiger partial charge in [-0.3, -0.25) is 24.2 Å². The molecule has 5 unspecified atom stereocenters. The number of esters is 1. The van der Waals surface area contributed by atoms with Crippen molar-refractivity contribution in [1.82, 2.24) is 9.80 Å². The first-order valence-electron chi connectivity index (χ1n) is 15.2. The Balaban J connectivity index is 1.13. The van der Waals surface area contributed by atoms with E-state index in [1.165, 1.54) is 28.1 Å². The first-order chi connectivity index (χ1) is 18.9. The van der Waals surface area contributed by atoms with E-state index in [1.54, 1.807) is 0 Å². The van der Waals surface area contributed by atoms with Gasteiger partial charge >= 0.3 is 5.97 Å². The molecule has 6 aliphatic rings. The topological polar surface area (TPSA) is 70.2 Å². The van der Waals surface area contributed by atoms with Crippen LogP contribution in [0.2, 0.25) is 0 Å². The minimum absolute atomic E-state index is 0.0534. The number of fused-ring (bicyclic) bond motifs is 1. The predicted octanol–water partition coefficient (Wildman–Crippen LogP) is 4.11. The third-order valence-electron chi connectivity index (χ3n) is 10.1. The van der Waals surface area contributed by atoms with Gasteiger partial charge in [-0.2, -0.15) is 0 Å². The van der Waals surface area contributed by atoms with E-state index < -0.39 is 6.10 Å². The van der Waals surface area contributed by atoms with Crippen molar-refractivity contribution in [3.8, 4) is 0 Å². The van der Waals surface area contributed by atoms with Crippen LogP contribution >= 0.6 is 0 Å². The fourth-order valence-electron chi connectivity index (χ4n) is 7.65. The SMILES string of the molecule is Cc1ccc(N2CCN(CC(CN3C(=O)C4C5C=CC(CC5)C4C3=O)OC(=O)C3CCCCC3)CC2)cc1C. The van der Waals surface area contributed by atoms with Crippen molar-refractivity contribution in [2.45, 2.75) is 64.9 Å². The Hall–Kier alpha value is -2.67. The molecule has 2 bridgehead atoms. The number of imide groups is 1. The third-order valence-corrected chi connectivity index (χ3v) is 10.1. The first kappa shape index (κ1) is 26.5. The lowest BCUT2D eigenvalue weighted by Gasteiger charge is -2.38. The summed E-state index contributed by atoms with van der Waals surface area (Å²) >= 11 is 0. The Kier molecular flexibility index (Phi) is 7.54. The molecule has 0 N–H and O–H groups in total. The van der Waals surface area contributed by atoms with Crippen molar-refractivity contribution in [2.75, 3.05) is 44.2 Å². The van der Waals surface area contributed by atoms with E-state index in [4.69, 9.17) is 4.74 Å². The summed E-state index contributed by atoms with van der Waals surface area (Å²) in [6, 6.07) is 6.63. The minimum Gasteiger partial charge on any atom is -0.459 e. The number of benzene rings is 1. The highest BCUT2D eigenvalue weighted by Gasteiger charge is 2.56. The summed E-state index contributed by atoms with van der Waals surface area (Å²) in [6.45, 7) is 8.52. The van der Waals surface area contributed by atoms with E-state index in [-0.39, 0.29) is 53.9 Å². The van der Waals surface area contributed by atoms with Crippen LogP contribution in [0.5, 0.6) is 0 Å². The zero-order valence-corrected chi connectivity index (χ0v) is 23.5. The molecular weight excluding hydrogens is 490 g/mol. The molecule has 2 amide bonds. The van der Waals surface area contributed by atoms with Crippen molar-refractivity contribution in [3.05, 3.63) is 41.5 Å². The van der Waals surface area contributed by atoms with E-state index in [1.807, 2.05) is 0 Å². The predicted molar refractivity (Wildman–Crippen MR) is 150 cm³/mol. The first-order valence-corrected chi connectivity index (χ1v) is 15.2. The van der Waals surface area contributed by atoms with Crippen molar-refractivity contribution in [2.24, 2.45) is 29.6 Å². The summed E-state index contributed by atoms with van der Waals surface area (Å²) in [4.78, 5) is 46.4. The maximum absolute atomic E-state index is 13.5. The highest BCUT2D eigenvalue weighted by Crippen LogP contribution is 2.49. The molecule has 2 saturated heterocycles. The number of amides is 2. The molecule has 4 aliphatic carbocycles. The Morgan fingerprint density at radius 1 is 0.846 bits per heavy atom. The number of anilines is 1. The molecule has 2 saturated carbocycles. The number of ether oxygens (including phenoxy) is 1. The molecule has 7 nitrogen and oxygen atoms in total. The normalized spacial score (nSPS) is 30.1. The average molecular weight is 534 g/mol. The van der Waals surface area contributed by atoms with Gasteiger partial charge in [0.05, 0.1) is 24.3 Å². The van der Waals surface area contributed by atoms with E-state index in [2.05, 4.69) is 54.0 Å². The van der Waals surface area contributed by atoms with Gasteiger partial charge in [0.15, 0.2) is 0 Å². The van der Waals surface area contributed by atoms with Gasteiger partial charge in [-0.15, -0.1) is 0 Å². The molecular formula is C32H43N3O4. The highest BCUT2D eigenvalue weighted by molar-refractivity contribution is 6.06. The van der Waals surface area contributed by atoms with Crippen LogP contribution in [0.1, 0.15) is 56.1 Å². The molecule has 1 aromatic carbocycles. The van der Waals surface area contributed by atoms with Crippen molar-refractivity contribution < 1.29 is 19.1 Å². The number of piperazine rings is 1. The average Bonchev–Trinajstić information content (AvgIpc) is 3.23. The minimum atomic E-state index is -0.494. The number of likely N-dealkylation sites (tertiary alicyclic amines) is 1. The number of nitrogens with zero attached hydrogens (tertiary/aromatic N) is 3. The lowest BCUT2D eigenvalue weighted by atomic mass is 9.63. The van der Waals surface area contributed by atoms with Gasteiger partial charge in [-0.05, 0) is 74.6 Å². The van der Waals surface area contributed by atoms with Crippen LogP contribution in [-0.2, 0) is 19.1 Å². The number of hydrogen-bond acceptors (Lipinski definition) is 6. The van der Waals surface area contributed by atoms with Crippen LogP contribution in [0.3, 0.4) is 0 Å². The van der Waals surface area contributed by atoms with Gasteiger partial charge < -0.3 is 9.64 Å². The van der Waals surface area contributed by atoms with Crippen LogP contribution in [0.15, 0.2) is 30.4 Å². The quantitative estimate of drug-likeness (QED) is 0.298. The molecule has 2 aliphatic heterocycles. The number of aryl methyl sites for hydroxylation is 2. The van der Waals surface area contributed by atoms with Gasteiger partial charge in [0.2, 0.25) is 11.8 Å². The lowest BCUT2D eigenvalue weighted by Crippen LogP contribution is -2.51. The monoisotopic (exact) mass is 533 g/mol. The Labute approximate surface area is 232 Å². The number of rotatable bonds is 7. The summed E-state index contributed by atoms with van der Waals surface area (Å²) in [5.41, 5.74) is 3.85. The maximum Gasteiger partial charge on any atom is 0.309 e. The summed E-state index contributed by atoms with van der Waals surface area (Å²) in [6.07, 6.45) is 10.8. The zero-order chi connectivity index (χ0) is 27.1. The van der Waals surface area contributed by atoms with Crippen LogP contribution in [0.4, 0.5) is 5.69 Å². The lowest BCUT2D eigenvalue weighted by molar-refractivity contribution is -0.160. The van der Waals surface area contributed by atoms with Gasteiger partial charge in [0.1, 0.15) is 6.10 Å². The van der Waals surface area contributed by atoms with E-state index in [9.17, 15) is 14.4 Å². The molecule has 7 heteroatoms. The maximum atomic E-state index is 13.5. The van der Waals surface area contributed by atoms with Crippen LogP contribution in [0, 0.1) is 43.4 Å². The smallest absolute Gasteiger partial charge is 0.309 e. The third kappa shape index (κ3) is 5.27. The number of carbonyl (C=O) groups excluding carboxylic acids is 3. The second-order valence-corrected chi connectivity index (χ2v) is 12.6. The largest absolute Gasteiger partial charge is 0.459 e. The number of allylic oxidation sites excluding steroid dienone is 2. The second kappa shape index (κ2) is 11.1. The van der Waals surface area contributed by atoms with Crippen LogP contribution in [0.25, 0.3) is 0 Å². The van der Waals surface area contributed by atoms with Gasteiger partial charge in [0.25, 0.3) is 0 Å². The summed E-state index contributed by atoms with van der Waals surface area (Å²) in [5.74, 6) is -0.423. The molecule has 0 spiro atoms. The fraction of sp³-hybridized carbons (Fsp3) is 0.656. The Morgan fingerprint density at radius 3 is 2.08 bits per heavy atom. The van der Waals surface area contributed by atoms with E-state index in [0.29, 0.717) is 6.54 Å². The van der Waals surface area contributed by atoms with Gasteiger partial charge in [-0.25, -0.2) is 0 Å². The molecule has 1 aromatic rings. The van der Waals surface area contributed by atoms with Crippen molar-refractivity contribution >= 4 is 23.5 Å². The van der Waals surface area contributed by atoms with Gasteiger partial charge in [0, 0.05) is 38.4 Å². The molecule has 39 heavy (non-hydrogen) atoms. The van der Waals surface area contributed by atoms with Crippen LogP contribution < -0.4 is 4.90 Å². The standard InChI is InChI=1S/C32H43N3O4/c1-21-8-13-26(18-22(21)2)34-16-14-33(15-17-34)19-27(39-32(38)25-6-4-3-5-7-25)20-35-30(36)28-23-9-10-24(12-11-23)29(28)31(35)37/h8-10,13,18,23-25,27-29H,3-7,11-12,14-17,19-20H2,1-2H3. The molecule has 5 atom stereocenters. The number of carbonyl (C=O) groups is 3. The molecule has 4 fully saturated rings. The molecule has 0 aromatic heterocycles. The highest BCUT2D eigenvalue weighted by atomic mass is 16.5. The van der Waals surface area contributed by atoms with Crippen molar-refractivity contribution in [3.63, 3.8) is 0 Å². The summed E-state index contributed by atoms with van der Waals surface area (Å²) in [7, 11) is 0. The second-order valence-electron chi connectivity index (χ2n) is 12.6. The van der Waals surface area contributed by atoms with Crippen molar-refractivity contribution in [1.29, 1.82) is 0 Å².